The highest BCUT2D eigenvalue weighted by Gasteiger charge is 2.33. The summed E-state index contributed by atoms with van der Waals surface area (Å²) in [5, 5.41) is 0. The second-order valence-electron chi connectivity index (χ2n) is 5.10. The standard InChI is InChI=1S/C18H15NO2S2/c1-12-6-5-8-14(10-12)19-17(20)16(23-18(19)22)11-13-7-3-4-9-15(13)21-2/h3-11H,1-2H3/b16-11+. The topological polar surface area (TPSA) is 29.5 Å². The number of aryl methyl sites for hydroxylation is 1. The first-order valence-electron chi connectivity index (χ1n) is 7.08. The van der Waals surface area contributed by atoms with Crippen LogP contribution in [-0.2, 0) is 4.79 Å². The van der Waals surface area contributed by atoms with Crippen LogP contribution in [0.1, 0.15) is 11.1 Å². The maximum Gasteiger partial charge on any atom is 0.270 e. The molecule has 116 valence electrons. The summed E-state index contributed by atoms with van der Waals surface area (Å²) in [7, 11) is 1.62. The number of hydrogen-bond donors (Lipinski definition) is 0. The van der Waals surface area contributed by atoms with Crippen molar-refractivity contribution < 1.29 is 9.53 Å². The quantitative estimate of drug-likeness (QED) is 0.611. The Morgan fingerprint density at radius 3 is 2.70 bits per heavy atom. The van der Waals surface area contributed by atoms with Gasteiger partial charge in [-0.3, -0.25) is 9.69 Å². The predicted octanol–water partition coefficient (Wildman–Crippen LogP) is 4.41. The zero-order valence-electron chi connectivity index (χ0n) is 12.8. The fourth-order valence-electron chi connectivity index (χ4n) is 2.38. The number of amides is 1. The van der Waals surface area contributed by atoms with E-state index >= 15 is 0 Å². The summed E-state index contributed by atoms with van der Waals surface area (Å²) in [4.78, 5) is 14.9. The van der Waals surface area contributed by atoms with Crippen molar-refractivity contribution in [3.63, 3.8) is 0 Å². The van der Waals surface area contributed by atoms with Crippen molar-refractivity contribution >= 4 is 46.0 Å². The third kappa shape index (κ3) is 3.16. The molecule has 23 heavy (non-hydrogen) atoms. The molecule has 0 spiro atoms. The van der Waals surface area contributed by atoms with Crippen LogP contribution < -0.4 is 9.64 Å². The zero-order valence-corrected chi connectivity index (χ0v) is 14.4. The maximum absolute atomic E-state index is 12.7. The van der Waals surface area contributed by atoms with E-state index < -0.39 is 0 Å². The molecule has 2 aromatic rings. The molecular formula is C18H15NO2S2. The number of anilines is 1. The van der Waals surface area contributed by atoms with E-state index in [0.29, 0.717) is 9.23 Å². The fourth-order valence-corrected chi connectivity index (χ4v) is 3.67. The third-order valence-corrected chi connectivity index (χ3v) is 4.78. The van der Waals surface area contributed by atoms with Crippen molar-refractivity contribution in [1.29, 1.82) is 0 Å². The lowest BCUT2D eigenvalue weighted by Crippen LogP contribution is -2.27. The van der Waals surface area contributed by atoms with Gasteiger partial charge >= 0.3 is 0 Å². The molecule has 3 rings (SSSR count). The summed E-state index contributed by atoms with van der Waals surface area (Å²) < 4.78 is 5.88. The average molecular weight is 341 g/mol. The number of thiocarbonyl (C=S) groups is 1. The summed E-state index contributed by atoms with van der Waals surface area (Å²) in [6, 6.07) is 15.4. The van der Waals surface area contributed by atoms with E-state index in [-0.39, 0.29) is 5.91 Å². The van der Waals surface area contributed by atoms with E-state index in [1.165, 1.54) is 11.8 Å². The first-order valence-corrected chi connectivity index (χ1v) is 8.30. The van der Waals surface area contributed by atoms with Crippen LogP contribution in [0.5, 0.6) is 5.75 Å². The summed E-state index contributed by atoms with van der Waals surface area (Å²) >= 11 is 6.70. The molecule has 0 atom stereocenters. The van der Waals surface area contributed by atoms with Crippen molar-refractivity contribution in [1.82, 2.24) is 0 Å². The van der Waals surface area contributed by atoms with Crippen molar-refractivity contribution in [3.8, 4) is 5.75 Å². The second kappa shape index (κ2) is 6.56. The van der Waals surface area contributed by atoms with E-state index in [1.807, 2.05) is 61.5 Å². The van der Waals surface area contributed by atoms with Gasteiger partial charge < -0.3 is 4.74 Å². The molecule has 1 aliphatic rings. The first-order chi connectivity index (χ1) is 11.1. The number of carbonyl (C=O) groups is 1. The molecule has 0 radical (unpaired) electrons. The highest BCUT2D eigenvalue weighted by Crippen LogP contribution is 2.37. The number of benzene rings is 2. The third-order valence-electron chi connectivity index (χ3n) is 3.48. The molecular weight excluding hydrogens is 326 g/mol. The van der Waals surface area contributed by atoms with Gasteiger partial charge in [0.1, 0.15) is 5.75 Å². The highest BCUT2D eigenvalue weighted by molar-refractivity contribution is 8.27. The number of hydrogen-bond acceptors (Lipinski definition) is 4. The Balaban J connectivity index is 1.97. The lowest BCUT2D eigenvalue weighted by Gasteiger charge is -2.14. The van der Waals surface area contributed by atoms with Crippen molar-refractivity contribution in [2.75, 3.05) is 12.0 Å². The van der Waals surface area contributed by atoms with Gasteiger partial charge in [-0.05, 0) is 36.8 Å². The van der Waals surface area contributed by atoms with Gasteiger partial charge in [-0.25, -0.2) is 0 Å². The van der Waals surface area contributed by atoms with Crippen molar-refractivity contribution in [2.24, 2.45) is 0 Å². The SMILES string of the molecule is COc1ccccc1/C=C1/SC(=S)N(c2cccc(C)c2)C1=O. The largest absolute Gasteiger partial charge is 0.496 e. The first kappa shape index (κ1) is 15.8. The Morgan fingerprint density at radius 2 is 1.96 bits per heavy atom. The van der Waals surface area contributed by atoms with Gasteiger partial charge in [0.25, 0.3) is 5.91 Å². The highest BCUT2D eigenvalue weighted by atomic mass is 32.2. The number of ether oxygens (including phenoxy) is 1. The number of carbonyl (C=O) groups excluding carboxylic acids is 1. The smallest absolute Gasteiger partial charge is 0.270 e. The Bertz CT molecular complexity index is 814. The summed E-state index contributed by atoms with van der Waals surface area (Å²) in [5.41, 5.74) is 2.75. The number of nitrogens with zero attached hydrogens (tertiary/aromatic N) is 1. The Hall–Kier alpha value is -2.11. The number of methoxy groups -OCH3 is 1. The van der Waals surface area contributed by atoms with Crippen molar-refractivity contribution in [2.45, 2.75) is 6.92 Å². The van der Waals surface area contributed by atoms with E-state index in [4.69, 9.17) is 17.0 Å². The molecule has 2 aromatic carbocycles. The van der Waals surface area contributed by atoms with Crippen LogP contribution in [0.4, 0.5) is 5.69 Å². The number of rotatable bonds is 3. The molecule has 0 saturated carbocycles. The van der Waals surface area contributed by atoms with Crippen LogP contribution >= 0.6 is 24.0 Å². The minimum absolute atomic E-state index is 0.100. The van der Waals surface area contributed by atoms with Gasteiger partial charge in [0.05, 0.1) is 17.7 Å². The average Bonchev–Trinajstić information content (AvgIpc) is 2.82. The minimum atomic E-state index is -0.100. The van der Waals surface area contributed by atoms with Crippen LogP contribution in [0.3, 0.4) is 0 Å². The van der Waals surface area contributed by atoms with Crippen LogP contribution in [0.25, 0.3) is 6.08 Å². The van der Waals surface area contributed by atoms with Gasteiger partial charge in [-0.15, -0.1) is 0 Å². The molecule has 1 heterocycles. The van der Waals surface area contributed by atoms with Crippen LogP contribution in [0.2, 0.25) is 0 Å². The van der Waals surface area contributed by atoms with Gasteiger partial charge in [-0.1, -0.05) is 54.3 Å². The van der Waals surface area contributed by atoms with Gasteiger partial charge in [0.2, 0.25) is 0 Å². The summed E-state index contributed by atoms with van der Waals surface area (Å²) in [6.07, 6.45) is 1.83. The molecule has 0 aliphatic carbocycles. The summed E-state index contributed by atoms with van der Waals surface area (Å²) in [6.45, 7) is 1.99. The normalized spacial score (nSPS) is 16.3. The number of thioether (sulfide) groups is 1. The predicted molar refractivity (Wildman–Crippen MR) is 99.8 cm³/mol. The second-order valence-corrected chi connectivity index (χ2v) is 6.77. The minimum Gasteiger partial charge on any atom is -0.496 e. The Morgan fingerprint density at radius 1 is 1.17 bits per heavy atom. The van der Waals surface area contributed by atoms with E-state index in [0.717, 1.165) is 22.6 Å². The fraction of sp³-hybridized carbons (Fsp3) is 0.111. The van der Waals surface area contributed by atoms with Crippen LogP contribution in [0.15, 0.2) is 53.4 Å². The molecule has 0 unspecified atom stereocenters. The molecule has 0 bridgehead atoms. The molecule has 1 amide bonds. The molecule has 1 aliphatic heterocycles. The molecule has 0 aromatic heterocycles. The molecule has 0 N–H and O–H groups in total. The van der Waals surface area contributed by atoms with E-state index in [9.17, 15) is 4.79 Å². The molecule has 5 heteroatoms. The monoisotopic (exact) mass is 341 g/mol. The zero-order chi connectivity index (χ0) is 16.4. The van der Waals surface area contributed by atoms with Crippen LogP contribution in [0, 0.1) is 6.92 Å². The van der Waals surface area contributed by atoms with E-state index in [2.05, 4.69) is 0 Å². The Kier molecular flexibility index (Phi) is 4.50. The molecule has 1 saturated heterocycles. The lowest BCUT2D eigenvalue weighted by atomic mass is 10.1. The summed E-state index contributed by atoms with van der Waals surface area (Å²) in [5.74, 6) is 0.629. The Labute approximate surface area is 144 Å². The van der Waals surface area contributed by atoms with Gasteiger partial charge in [-0.2, -0.15) is 0 Å². The maximum atomic E-state index is 12.7. The van der Waals surface area contributed by atoms with E-state index in [1.54, 1.807) is 12.0 Å². The molecule has 3 nitrogen and oxygen atoms in total. The van der Waals surface area contributed by atoms with Gasteiger partial charge in [0, 0.05) is 5.56 Å². The molecule has 1 fully saturated rings. The lowest BCUT2D eigenvalue weighted by molar-refractivity contribution is -0.113. The van der Waals surface area contributed by atoms with Gasteiger partial charge in [0.15, 0.2) is 4.32 Å². The van der Waals surface area contributed by atoms with Crippen molar-refractivity contribution in [3.05, 3.63) is 64.6 Å². The van der Waals surface area contributed by atoms with Crippen LogP contribution in [-0.4, -0.2) is 17.3 Å². The number of para-hydroxylation sites is 1.